The van der Waals surface area contributed by atoms with Crippen molar-refractivity contribution in [1.82, 2.24) is 10.0 Å². The summed E-state index contributed by atoms with van der Waals surface area (Å²) in [5.74, 6) is -0.227. The average molecular weight is 311 g/mol. The molecule has 0 fully saturated rings. The Labute approximate surface area is 125 Å². The van der Waals surface area contributed by atoms with E-state index in [9.17, 15) is 13.2 Å². The molecule has 2 unspecified atom stereocenters. The predicted molar refractivity (Wildman–Crippen MR) is 81.8 cm³/mol. The van der Waals surface area contributed by atoms with Crippen LogP contribution in [-0.4, -0.2) is 34.5 Å². The van der Waals surface area contributed by atoms with Crippen molar-refractivity contribution in [3.8, 4) is 0 Å². The number of rotatable bonds is 6. The summed E-state index contributed by atoms with van der Waals surface area (Å²) in [6, 6.07) is 4.73. The van der Waals surface area contributed by atoms with Crippen molar-refractivity contribution in [1.29, 1.82) is 0 Å². The Morgan fingerprint density at radius 3 is 2.71 bits per heavy atom. The molecule has 0 radical (unpaired) electrons. The Bertz CT molecular complexity index is 643. The van der Waals surface area contributed by atoms with E-state index < -0.39 is 10.0 Å². The van der Waals surface area contributed by atoms with Gasteiger partial charge in [0.05, 0.1) is 10.8 Å². The Morgan fingerprint density at radius 1 is 1.33 bits per heavy atom. The molecule has 7 heteroatoms. The topological polar surface area (TPSA) is 87.3 Å². The van der Waals surface area contributed by atoms with Crippen molar-refractivity contribution >= 4 is 21.6 Å². The van der Waals surface area contributed by atoms with Crippen LogP contribution in [0.2, 0.25) is 0 Å². The number of fused-ring (bicyclic) bond motifs is 1. The maximum Gasteiger partial charge on any atom is 0.240 e. The number of carbonyl (C=O) groups is 1. The molecule has 2 atom stereocenters. The molecule has 1 aromatic carbocycles. The SMILES string of the molecule is CNCC(C)CNS(=O)(=O)c1ccc2c(c1)C(C)C(=O)N2. The van der Waals surface area contributed by atoms with Crippen LogP contribution in [0.1, 0.15) is 25.3 Å². The van der Waals surface area contributed by atoms with Gasteiger partial charge in [0.25, 0.3) is 0 Å². The highest BCUT2D eigenvalue weighted by molar-refractivity contribution is 7.89. The van der Waals surface area contributed by atoms with Gasteiger partial charge in [0, 0.05) is 12.2 Å². The number of benzene rings is 1. The fraction of sp³-hybridized carbons (Fsp3) is 0.500. The predicted octanol–water partition coefficient (Wildman–Crippen LogP) is 0.876. The van der Waals surface area contributed by atoms with Gasteiger partial charge in [-0.1, -0.05) is 6.92 Å². The molecule has 1 aliphatic rings. The smallest absolute Gasteiger partial charge is 0.240 e. The maximum atomic E-state index is 12.3. The van der Waals surface area contributed by atoms with Crippen LogP contribution in [0.5, 0.6) is 0 Å². The van der Waals surface area contributed by atoms with Gasteiger partial charge in [-0.2, -0.15) is 0 Å². The average Bonchev–Trinajstić information content (AvgIpc) is 2.72. The van der Waals surface area contributed by atoms with Gasteiger partial charge >= 0.3 is 0 Å². The molecule has 1 amide bonds. The zero-order valence-corrected chi connectivity index (χ0v) is 13.3. The Balaban J connectivity index is 2.17. The van der Waals surface area contributed by atoms with E-state index in [1.54, 1.807) is 19.1 Å². The summed E-state index contributed by atoms with van der Waals surface area (Å²) in [6.45, 7) is 4.83. The van der Waals surface area contributed by atoms with E-state index in [0.717, 1.165) is 12.1 Å². The molecule has 1 aliphatic heterocycles. The van der Waals surface area contributed by atoms with Gasteiger partial charge in [0.1, 0.15) is 0 Å². The van der Waals surface area contributed by atoms with Crippen molar-refractivity contribution in [2.45, 2.75) is 24.7 Å². The number of amides is 1. The standard InChI is InChI=1S/C14H21N3O3S/c1-9(7-15-3)8-16-21(19,20)11-4-5-13-12(6-11)10(2)14(18)17-13/h4-6,9-10,15-16H,7-8H2,1-3H3,(H,17,18). The van der Waals surface area contributed by atoms with Gasteiger partial charge in [-0.3, -0.25) is 4.79 Å². The summed E-state index contributed by atoms with van der Waals surface area (Å²) >= 11 is 0. The maximum absolute atomic E-state index is 12.3. The molecule has 116 valence electrons. The quantitative estimate of drug-likeness (QED) is 0.728. The summed E-state index contributed by atoms with van der Waals surface area (Å²) in [5.41, 5.74) is 1.42. The number of nitrogens with one attached hydrogen (secondary N) is 3. The van der Waals surface area contributed by atoms with E-state index in [-0.39, 0.29) is 22.6 Å². The minimum atomic E-state index is -3.55. The van der Waals surface area contributed by atoms with E-state index in [1.165, 1.54) is 6.07 Å². The number of anilines is 1. The lowest BCUT2D eigenvalue weighted by atomic mass is 10.0. The highest BCUT2D eigenvalue weighted by Crippen LogP contribution is 2.33. The van der Waals surface area contributed by atoms with Crippen LogP contribution in [0.15, 0.2) is 23.1 Å². The van der Waals surface area contributed by atoms with Crippen molar-refractivity contribution in [3.05, 3.63) is 23.8 Å². The summed E-state index contributed by atoms with van der Waals surface area (Å²) in [6.07, 6.45) is 0. The van der Waals surface area contributed by atoms with Gasteiger partial charge < -0.3 is 10.6 Å². The molecular weight excluding hydrogens is 290 g/mol. The lowest BCUT2D eigenvalue weighted by Crippen LogP contribution is -2.32. The summed E-state index contributed by atoms with van der Waals surface area (Å²) < 4.78 is 27.2. The summed E-state index contributed by atoms with van der Waals surface area (Å²) in [5, 5.41) is 5.74. The zero-order valence-electron chi connectivity index (χ0n) is 12.4. The normalized spacial score (nSPS) is 19.2. The molecule has 0 saturated heterocycles. The molecule has 0 aliphatic carbocycles. The Kier molecular flexibility index (Phi) is 4.65. The second kappa shape index (κ2) is 6.13. The van der Waals surface area contributed by atoms with Crippen LogP contribution in [-0.2, 0) is 14.8 Å². The number of carbonyl (C=O) groups excluding carboxylic acids is 1. The molecule has 0 bridgehead atoms. The van der Waals surface area contributed by atoms with E-state index in [2.05, 4.69) is 15.4 Å². The van der Waals surface area contributed by atoms with Crippen molar-refractivity contribution < 1.29 is 13.2 Å². The zero-order chi connectivity index (χ0) is 15.6. The largest absolute Gasteiger partial charge is 0.325 e. The minimum Gasteiger partial charge on any atom is -0.325 e. The molecule has 1 aromatic rings. The van der Waals surface area contributed by atoms with Gasteiger partial charge in [0.2, 0.25) is 15.9 Å². The van der Waals surface area contributed by atoms with Gasteiger partial charge in [-0.25, -0.2) is 13.1 Å². The third kappa shape index (κ3) is 3.42. The van der Waals surface area contributed by atoms with Crippen molar-refractivity contribution in [3.63, 3.8) is 0 Å². The monoisotopic (exact) mass is 311 g/mol. The van der Waals surface area contributed by atoms with Crippen molar-refractivity contribution in [2.75, 3.05) is 25.5 Å². The van der Waals surface area contributed by atoms with Gasteiger partial charge in [0.15, 0.2) is 0 Å². The third-order valence-corrected chi connectivity index (χ3v) is 5.05. The first-order valence-corrected chi connectivity index (χ1v) is 8.42. The van der Waals surface area contributed by atoms with E-state index in [1.807, 2.05) is 14.0 Å². The Morgan fingerprint density at radius 2 is 2.05 bits per heavy atom. The molecule has 21 heavy (non-hydrogen) atoms. The molecular formula is C14H21N3O3S. The second-order valence-corrected chi connectivity index (χ2v) is 7.24. The third-order valence-electron chi connectivity index (χ3n) is 3.63. The molecule has 6 nitrogen and oxygen atoms in total. The van der Waals surface area contributed by atoms with Crippen LogP contribution >= 0.6 is 0 Å². The van der Waals surface area contributed by atoms with Crippen LogP contribution in [0.3, 0.4) is 0 Å². The lowest BCUT2D eigenvalue weighted by molar-refractivity contribution is -0.116. The first kappa shape index (κ1) is 15.9. The van der Waals surface area contributed by atoms with Gasteiger partial charge in [-0.15, -0.1) is 0 Å². The molecule has 0 saturated carbocycles. The highest BCUT2D eigenvalue weighted by atomic mass is 32.2. The van der Waals surface area contributed by atoms with Gasteiger partial charge in [-0.05, 0) is 50.2 Å². The summed E-state index contributed by atoms with van der Waals surface area (Å²) in [7, 11) is -1.72. The van der Waals surface area contributed by atoms with Crippen LogP contribution in [0.25, 0.3) is 0 Å². The van der Waals surface area contributed by atoms with Crippen LogP contribution < -0.4 is 15.4 Å². The van der Waals surface area contributed by atoms with E-state index in [4.69, 9.17) is 0 Å². The van der Waals surface area contributed by atoms with Crippen LogP contribution in [0, 0.1) is 5.92 Å². The number of sulfonamides is 1. The first-order valence-electron chi connectivity index (χ1n) is 6.94. The number of hydrogen-bond acceptors (Lipinski definition) is 4. The number of hydrogen-bond donors (Lipinski definition) is 3. The molecule has 2 rings (SSSR count). The molecule has 1 heterocycles. The first-order chi connectivity index (χ1) is 9.85. The van der Waals surface area contributed by atoms with Crippen molar-refractivity contribution in [2.24, 2.45) is 5.92 Å². The van der Waals surface area contributed by atoms with Crippen LogP contribution in [0.4, 0.5) is 5.69 Å². The fourth-order valence-corrected chi connectivity index (χ4v) is 3.52. The molecule has 0 aromatic heterocycles. The summed E-state index contributed by atoms with van der Waals surface area (Å²) in [4.78, 5) is 11.8. The molecule has 0 spiro atoms. The second-order valence-electron chi connectivity index (χ2n) is 5.47. The minimum absolute atomic E-state index is 0.102. The van der Waals surface area contributed by atoms with E-state index >= 15 is 0 Å². The molecule has 3 N–H and O–H groups in total. The highest BCUT2D eigenvalue weighted by Gasteiger charge is 2.28. The lowest BCUT2D eigenvalue weighted by Gasteiger charge is -2.13. The fourth-order valence-electron chi connectivity index (χ4n) is 2.32. The van der Waals surface area contributed by atoms with E-state index in [0.29, 0.717) is 12.2 Å². The Hall–Kier alpha value is -1.44.